The highest BCUT2D eigenvalue weighted by Gasteiger charge is 2.09. The fraction of sp³-hybridized carbons (Fsp3) is 0.200. The van der Waals surface area contributed by atoms with Gasteiger partial charge in [0.05, 0.1) is 13.3 Å². The summed E-state index contributed by atoms with van der Waals surface area (Å²) in [5, 5.41) is 3.17. The van der Waals surface area contributed by atoms with E-state index in [0.29, 0.717) is 17.3 Å². The summed E-state index contributed by atoms with van der Waals surface area (Å²) in [6.45, 7) is 2.80. The van der Waals surface area contributed by atoms with Crippen molar-refractivity contribution in [2.24, 2.45) is 0 Å². The van der Waals surface area contributed by atoms with Gasteiger partial charge in [0.15, 0.2) is 0 Å². The van der Waals surface area contributed by atoms with Crippen LogP contribution in [0.2, 0.25) is 0 Å². The molecule has 6 nitrogen and oxygen atoms in total. The zero-order valence-electron chi connectivity index (χ0n) is 11.9. The standard InChI is InChI=1S/C15H16N4O2/c1-3-16-13-10-19-9-8-17-14(19)15(18-13)21-12-6-4-11(20-2)5-7-12/h4-10,16H,3H2,1-2H3. The van der Waals surface area contributed by atoms with E-state index in [0.717, 1.165) is 18.1 Å². The van der Waals surface area contributed by atoms with Crippen LogP contribution in [0.3, 0.4) is 0 Å². The first-order valence-electron chi connectivity index (χ1n) is 6.69. The highest BCUT2D eigenvalue weighted by molar-refractivity contribution is 5.55. The molecule has 21 heavy (non-hydrogen) atoms. The molecule has 0 unspecified atom stereocenters. The van der Waals surface area contributed by atoms with Gasteiger partial charge in [0.1, 0.15) is 17.3 Å². The predicted octanol–water partition coefficient (Wildman–Crippen LogP) is 2.96. The van der Waals surface area contributed by atoms with Crippen LogP contribution < -0.4 is 14.8 Å². The fourth-order valence-electron chi connectivity index (χ4n) is 1.99. The highest BCUT2D eigenvalue weighted by atomic mass is 16.5. The Morgan fingerprint density at radius 1 is 1.19 bits per heavy atom. The average molecular weight is 284 g/mol. The first-order chi connectivity index (χ1) is 10.3. The summed E-state index contributed by atoms with van der Waals surface area (Å²) in [7, 11) is 1.63. The van der Waals surface area contributed by atoms with E-state index in [4.69, 9.17) is 9.47 Å². The van der Waals surface area contributed by atoms with Crippen molar-refractivity contribution in [3.63, 3.8) is 0 Å². The van der Waals surface area contributed by atoms with E-state index in [1.807, 2.05) is 48.0 Å². The van der Waals surface area contributed by atoms with E-state index in [1.165, 1.54) is 0 Å². The predicted molar refractivity (Wildman–Crippen MR) is 80.2 cm³/mol. The van der Waals surface area contributed by atoms with Gasteiger partial charge in [0, 0.05) is 18.9 Å². The van der Waals surface area contributed by atoms with Crippen molar-refractivity contribution in [3.8, 4) is 17.4 Å². The van der Waals surface area contributed by atoms with E-state index in [1.54, 1.807) is 13.3 Å². The van der Waals surface area contributed by atoms with Gasteiger partial charge in [-0.25, -0.2) is 4.98 Å². The lowest BCUT2D eigenvalue weighted by Crippen LogP contribution is -2.03. The maximum atomic E-state index is 5.85. The van der Waals surface area contributed by atoms with Crippen LogP contribution in [0.5, 0.6) is 17.4 Å². The van der Waals surface area contributed by atoms with Crippen LogP contribution in [0, 0.1) is 0 Å². The lowest BCUT2D eigenvalue weighted by Gasteiger charge is -2.09. The third kappa shape index (κ3) is 2.74. The number of methoxy groups -OCH3 is 1. The Balaban J connectivity index is 1.95. The molecule has 6 heteroatoms. The molecule has 1 aromatic carbocycles. The lowest BCUT2D eigenvalue weighted by molar-refractivity contribution is 0.412. The lowest BCUT2D eigenvalue weighted by atomic mass is 10.3. The van der Waals surface area contributed by atoms with E-state index in [2.05, 4.69) is 15.3 Å². The second-order valence-electron chi connectivity index (χ2n) is 4.40. The Morgan fingerprint density at radius 3 is 2.67 bits per heavy atom. The largest absolute Gasteiger partial charge is 0.497 e. The van der Waals surface area contributed by atoms with Gasteiger partial charge in [-0.2, -0.15) is 4.98 Å². The molecule has 0 aliphatic heterocycles. The molecule has 0 saturated heterocycles. The molecule has 3 aromatic rings. The summed E-state index contributed by atoms with van der Waals surface area (Å²) in [5.74, 6) is 2.67. The Morgan fingerprint density at radius 2 is 1.95 bits per heavy atom. The van der Waals surface area contributed by atoms with Gasteiger partial charge in [-0.1, -0.05) is 0 Å². The molecular weight excluding hydrogens is 268 g/mol. The Hall–Kier alpha value is -2.76. The molecule has 108 valence electrons. The van der Waals surface area contributed by atoms with E-state index in [9.17, 15) is 0 Å². The van der Waals surface area contributed by atoms with Crippen LogP contribution in [-0.2, 0) is 0 Å². The molecule has 2 heterocycles. The first kappa shape index (κ1) is 13.2. The number of anilines is 1. The zero-order chi connectivity index (χ0) is 14.7. The van der Waals surface area contributed by atoms with Crippen molar-refractivity contribution in [1.82, 2.24) is 14.4 Å². The number of imidazole rings is 1. The number of hydrogen-bond acceptors (Lipinski definition) is 5. The maximum Gasteiger partial charge on any atom is 0.265 e. The topological polar surface area (TPSA) is 60.7 Å². The minimum atomic E-state index is 0.462. The van der Waals surface area contributed by atoms with Crippen molar-refractivity contribution >= 4 is 11.5 Å². The summed E-state index contributed by atoms with van der Waals surface area (Å²) in [4.78, 5) is 8.73. The van der Waals surface area contributed by atoms with Crippen molar-refractivity contribution in [2.45, 2.75) is 6.92 Å². The maximum absolute atomic E-state index is 5.85. The van der Waals surface area contributed by atoms with Crippen LogP contribution in [0.4, 0.5) is 5.82 Å². The van der Waals surface area contributed by atoms with Gasteiger partial charge in [0.2, 0.25) is 5.65 Å². The number of rotatable bonds is 5. The SMILES string of the molecule is CCNc1cn2ccnc2c(Oc2ccc(OC)cc2)n1. The Kier molecular flexibility index (Phi) is 3.59. The van der Waals surface area contributed by atoms with Gasteiger partial charge < -0.3 is 14.8 Å². The number of aromatic nitrogens is 3. The smallest absolute Gasteiger partial charge is 0.265 e. The molecule has 0 spiro atoms. The zero-order valence-corrected chi connectivity index (χ0v) is 11.9. The third-order valence-electron chi connectivity index (χ3n) is 2.98. The number of nitrogens with one attached hydrogen (secondary N) is 1. The number of fused-ring (bicyclic) bond motifs is 1. The summed E-state index contributed by atoms with van der Waals surface area (Å²) in [5.41, 5.74) is 0.674. The van der Waals surface area contributed by atoms with Crippen LogP contribution >= 0.6 is 0 Å². The summed E-state index contributed by atoms with van der Waals surface area (Å²) >= 11 is 0. The molecule has 2 aromatic heterocycles. The summed E-state index contributed by atoms with van der Waals surface area (Å²) in [6, 6.07) is 7.35. The molecule has 0 saturated carbocycles. The first-order valence-corrected chi connectivity index (χ1v) is 6.69. The number of hydrogen-bond donors (Lipinski definition) is 1. The van der Waals surface area contributed by atoms with Crippen molar-refractivity contribution in [2.75, 3.05) is 19.0 Å². The van der Waals surface area contributed by atoms with Gasteiger partial charge in [-0.05, 0) is 31.2 Å². The molecule has 0 aliphatic carbocycles. The Bertz CT molecular complexity index is 737. The number of nitrogens with zero attached hydrogens (tertiary/aromatic N) is 3. The van der Waals surface area contributed by atoms with Gasteiger partial charge in [-0.3, -0.25) is 4.40 Å². The second kappa shape index (κ2) is 5.70. The summed E-state index contributed by atoms with van der Waals surface area (Å²) in [6.07, 6.45) is 5.46. The fourth-order valence-corrected chi connectivity index (χ4v) is 1.99. The average Bonchev–Trinajstić information content (AvgIpc) is 2.97. The third-order valence-corrected chi connectivity index (χ3v) is 2.98. The molecular formula is C15H16N4O2. The molecule has 1 N–H and O–H groups in total. The van der Waals surface area contributed by atoms with E-state index < -0.39 is 0 Å². The minimum Gasteiger partial charge on any atom is -0.497 e. The van der Waals surface area contributed by atoms with Crippen molar-refractivity contribution in [3.05, 3.63) is 42.9 Å². The monoisotopic (exact) mass is 284 g/mol. The minimum absolute atomic E-state index is 0.462. The number of benzene rings is 1. The molecule has 0 aliphatic rings. The van der Waals surface area contributed by atoms with Crippen LogP contribution in [0.1, 0.15) is 6.92 Å². The van der Waals surface area contributed by atoms with Crippen molar-refractivity contribution < 1.29 is 9.47 Å². The van der Waals surface area contributed by atoms with Crippen LogP contribution in [0.15, 0.2) is 42.9 Å². The highest BCUT2D eigenvalue weighted by Crippen LogP contribution is 2.26. The molecule has 0 amide bonds. The number of ether oxygens (including phenoxy) is 2. The van der Waals surface area contributed by atoms with Crippen molar-refractivity contribution in [1.29, 1.82) is 0 Å². The molecule has 0 radical (unpaired) electrons. The molecule has 0 bridgehead atoms. The second-order valence-corrected chi connectivity index (χ2v) is 4.40. The van der Waals surface area contributed by atoms with E-state index in [-0.39, 0.29) is 0 Å². The van der Waals surface area contributed by atoms with Gasteiger partial charge in [0.25, 0.3) is 5.88 Å². The van der Waals surface area contributed by atoms with E-state index >= 15 is 0 Å². The Labute approximate surface area is 122 Å². The molecule has 0 atom stereocenters. The van der Waals surface area contributed by atoms with Gasteiger partial charge >= 0.3 is 0 Å². The van der Waals surface area contributed by atoms with Crippen LogP contribution in [0.25, 0.3) is 5.65 Å². The molecule has 3 rings (SSSR count). The molecule has 0 fully saturated rings. The quantitative estimate of drug-likeness (QED) is 0.780. The van der Waals surface area contributed by atoms with Crippen LogP contribution in [-0.4, -0.2) is 28.0 Å². The summed E-state index contributed by atoms with van der Waals surface area (Å²) < 4.78 is 12.9. The van der Waals surface area contributed by atoms with Gasteiger partial charge in [-0.15, -0.1) is 0 Å². The normalized spacial score (nSPS) is 10.6.